The number of hydrogen-bond donors (Lipinski definition) is 4. The Morgan fingerprint density at radius 3 is 2.18 bits per heavy atom. The van der Waals surface area contributed by atoms with Crippen molar-refractivity contribution in [3.05, 3.63) is 65.7 Å². The Kier molecular flexibility index (Phi) is 13.5. The first kappa shape index (κ1) is 35.6. The van der Waals surface area contributed by atoms with E-state index in [1.807, 2.05) is 56.3 Å². The predicted octanol–water partition coefficient (Wildman–Crippen LogP) is 4.39. The van der Waals surface area contributed by atoms with Crippen LogP contribution < -0.4 is 21.0 Å². The molecular formula is C34H51N5O6. The maximum absolute atomic E-state index is 13.6. The summed E-state index contributed by atoms with van der Waals surface area (Å²) < 4.78 is 10.3. The number of benzene rings is 2. The van der Waals surface area contributed by atoms with Gasteiger partial charge in [0.2, 0.25) is 5.91 Å². The fourth-order valence-electron chi connectivity index (χ4n) is 5.25. The van der Waals surface area contributed by atoms with Crippen LogP contribution in [-0.2, 0) is 27.2 Å². The molecule has 11 nitrogen and oxygen atoms in total. The molecule has 1 saturated heterocycles. The summed E-state index contributed by atoms with van der Waals surface area (Å²) in [5, 5.41) is 18.8. The topological polar surface area (TPSA) is 132 Å². The number of rotatable bonds is 14. The van der Waals surface area contributed by atoms with E-state index >= 15 is 0 Å². The fourth-order valence-corrected chi connectivity index (χ4v) is 5.25. The van der Waals surface area contributed by atoms with Gasteiger partial charge in [0.05, 0.1) is 19.3 Å². The number of anilines is 1. The molecular weight excluding hydrogens is 574 g/mol. The van der Waals surface area contributed by atoms with Crippen molar-refractivity contribution < 1.29 is 29.0 Å². The average molecular weight is 626 g/mol. The van der Waals surface area contributed by atoms with Crippen molar-refractivity contribution in [2.45, 2.75) is 90.6 Å². The molecule has 0 saturated carbocycles. The third-order valence-corrected chi connectivity index (χ3v) is 7.88. The van der Waals surface area contributed by atoms with Gasteiger partial charge in [-0.3, -0.25) is 10.2 Å². The smallest absolute Gasteiger partial charge is 0.422 e. The first-order valence-corrected chi connectivity index (χ1v) is 15.8. The first-order valence-electron chi connectivity index (χ1n) is 15.8. The highest BCUT2D eigenvalue weighted by molar-refractivity contribution is 5.86. The van der Waals surface area contributed by atoms with E-state index in [1.165, 1.54) is 20.0 Å². The highest BCUT2D eigenvalue weighted by Gasteiger charge is 2.32. The molecule has 11 heteroatoms. The number of aliphatic hydroxyl groups is 1. The molecule has 3 unspecified atom stereocenters. The van der Waals surface area contributed by atoms with Crippen molar-refractivity contribution in [3.8, 4) is 0 Å². The molecule has 3 amide bonds. The van der Waals surface area contributed by atoms with E-state index in [1.54, 1.807) is 25.8 Å². The number of hydrazine groups is 1. The summed E-state index contributed by atoms with van der Waals surface area (Å²) in [7, 11) is 1.25. The molecule has 0 radical (unpaired) electrons. The summed E-state index contributed by atoms with van der Waals surface area (Å²) >= 11 is 0. The number of carbonyl (C=O) groups excluding carboxylic acids is 3. The van der Waals surface area contributed by atoms with E-state index < -0.39 is 41.9 Å². The normalized spacial score (nSPS) is 16.0. The number of methoxy groups -OCH3 is 1. The monoisotopic (exact) mass is 625 g/mol. The number of ether oxygens (including phenoxy) is 2. The van der Waals surface area contributed by atoms with Crippen LogP contribution in [0.2, 0.25) is 0 Å². The van der Waals surface area contributed by atoms with Gasteiger partial charge >= 0.3 is 12.2 Å². The van der Waals surface area contributed by atoms with Gasteiger partial charge in [0.15, 0.2) is 0 Å². The van der Waals surface area contributed by atoms with Gasteiger partial charge in [0, 0.05) is 31.9 Å². The minimum absolute atomic E-state index is 0.0106. The van der Waals surface area contributed by atoms with Crippen LogP contribution in [0.1, 0.15) is 65.0 Å². The number of nitrogens with one attached hydrogen (secondary N) is 3. The Balaban J connectivity index is 1.83. The van der Waals surface area contributed by atoms with Crippen molar-refractivity contribution in [3.63, 3.8) is 0 Å². The molecule has 4 N–H and O–H groups in total. The lowest BCUT2D eigenvalue weighted by Crippen LogP contribution is -2.57. The summed E-state index contributed by atoms with van der Waals surface area (Å²) in [6.07, 6.45) is 0.867. The third-order valence-electron chi connectivity index (χ3n) is 7.88. The minimum Gasteiger partial charge on any atom is -0.453 e. The molecule has 0 bridgehead atoms. The Morgan fingerprint density at radius 2 is 1.60 bits per heavy atom. The van der Waals surface area contributed by atoms with Crippen molar-refractivity contribution >= 4 is 23.8 Å². The minimum atomic E-state index is -1.11. The maximum atomic E-state index is 13.6. The van der Waals surface area contributed by atoms with Crippen LogP contribution in [0.5, 0.6) is 0 Å². The molecule has 1 heterocycles. The van der Waals surface area contributed by atoms with Crippen LogP contribution in [0.25, 0.3) is 0 Å². The molecule has 0 aromatic heterocycles. The second kappa shape index (κ2) is 17.0. The standard InChI is InChI=1S/C34H51N5O6/c1-7-24(2)30(36-32(42)44-6)31(41)35-28(21-25-13-9-8-10-14-25)29(40)23-39(37-33(43)45-34(3,4)5)22-26-15-17-27(18-16-26)38-19-11-12-20-38/h8-10,13-18,24,28-30,40H,7,11-12,19-23H2,1-6H3,(H,35,41)(H,36,42)(H,37,43)/t24?,28?,29?,30-/m0/s1. The Morgan fingerprint density at radius 1 is 0.956 bits per heavy atom. The number of nitrogens with zero attached hydrogens (tertiary/aromatic N) is 2. The van der Waals surface area contributed by atoms with Gasteiger partial charge in [-0.05, 0) is 69.2 Å². The van der Waals surface area contributed by atoms with Crippen LogP contribution in [0.15, 0.2) is 54.6 Å². The molecule has 4 atom stereocenters. The zero-order valence-electron chi connectivity index (χ0n) is 27.5. The summed E-state index contributed by atoms with van der Waals surface area (Å²) in [4.78, 5) is 40.8. The molecule has 0 spiro atoms. The van der Waals surface area contributed by atoms with Crippen LogP contribution >= 0.6 is 0 Å². The van der Waals surface area contributed by atoms with Crippen LogP contribution in [-0.4, -0.2) is 78.7 Å². The lowest BCUT2D eigenvalue weighted by molar-refractivity contribution is -0.126. The number of hydrogen-bond acceptors (Lipinski definition) is 8. The number of alkyl carbamates (subject to hydrolysis) is 1. The molecule has 1 aliphatic rings. The maximum Gasteiger partial charge on any atom is 0.422 e. The fraction of sp³-hybridized carbons (Fsp3) is 0.559. The van der Waals surface area contributed by atoms with Crippen LogP contribution in [0.4, 0.5) is 15.3 Å². The van der Waals surface area contributed by atoms with E-state index in [4.69, 9.17) is 9.47 Å². The summed E-state index contributed by atoms with van der Waals surface area (Å²) in [6.45, 7) is 11.5. The second-order valence-corrected chi connectivity index (χ2v) is 12.7. The molecule has 1 fully saturated rings. The van der Waals surface area contributed by atoms with E-state index in [-0.39, 0.29) is 12.5 Å². The van der Waals surface area contributed by atoms with Gasteiger partial charge in [0.25, 0.3) is 0 Å². The quantitative estimate of drug-likeness (QED) is 0.228. The lowest BCUT2D eigenvalue weighted by Gasteiger charge is -2.32. The zero-order chi connectivity index (χ0) is 33.0. The first-order chi connectivity index (χ1) is 21.4. The van der Waals surface area contributed by atoms with Crippen molar-refractivity contribution in [1.82, 2.24) is 21.1 Å². The van der Waals surface area contributed by atoms with Gasteiger partial charge in [-0.25, -0.2) is 14.6 Å². The van der Waals surface area contributed by atoms with Crippen LogP contribution in [0, 0.1) is 5.92 Å². The molecule has 45 heavy (non-hydrogen) atoms. The Labute approximate surface area is 267 Å². The second-order valence-electron chi connectivity index (χ2n) is 12.7. The summed E-state index contributed by atoms with van der Waals surface area (Å²) in [5.74, 6) is -0.619. The highest BCUT2D eigenvalue weighted by Crippen LogP contribution is 2.21. The number of amides is 3. The van der Waals surface area contributed by atoms with Crippen molar-refractivity contribution in [1.29, 1.82) is 0 Å². The van der Waals surface area contributed by atoms with Crippen molar-refractivity contribution in [2.75, 3.05) is 31.6 Å². The van der Waals surface area contributed by atoms with Gasteiger partial charge in [0.1, 0.15) is 11.6 Å². The van der Waals surface area contributed by atoms with Crippen LogP contribution in [0.3, 0.4) is 0 Å². The number of carbonyl (C=O) groups is 3. The molecule has 248 valence electrons. The number of aliphatic hydroxyl groups excluding tert-OH is 1. The van der Waals surface area contributed by atoms with Gasteiger partial charge in [-0.15, -0.1) is 0 Å². The SMILES string of the molecule is CCC(C)[C@H](NC(=O)OC)C(=O)NC(Cc1ccccc1)C(O)CN(Cc1ccc(N2CCCC2)cc1)NC(=O)OC(C)(C)C. The van der Waals surface area contributed by atoms with E-state index in [0.29, 0.717) is 19.4 Å². The van der Waals surface area contributed by atoms with E-state index in [9.17, 15) is 19.5 Å². The molecule has 2 aromatic carbocycles. The molecule has 3 rings (SSSR count). The molecule has 1 aliphatic heterocycles. The summed E-state index contributed by atoms with van der Waals surface area (Å²) in [6, 6.07) is 16.1. The van der Waals surface area contributed by atoms with Crippen molar-refractivity contribution in [2.24, 2.45) is 5.92 Å². The summed E-state index contributed by atoms with van der Waals surface area (Å²) in [5.41, 5.74) is 5.08. The predicted molar refractivity (Wildman–Crippen MR) is 175 cm³/mol. The van der Waals surface area contributed by atoms with Gasteiger partial charge in [-0.1, -0.05) is 62.7 Å². The highest BCUT2D eigenvalue weighted by atomic mass is 16.6. The Bertz CT molecular complexity index is 1210. The largest absolute Gasteiger partial charge is 0.453 e. The van der Waals surface area contributed by atoms with E-state index in [2.05, 4.69) is 33.1 Å². The van der Waals surface area contributed by atoms with E-state index in [0.717, 1.165) is 29.9 Å². The van der Waals surface area contributed by atoms with Gasteiger partial charge < -0.3 is 30.1 Å². The Hall–Kier alpha value is -3.83. The van der Waals surface area contributed by atoms with Gasteiger partial charge in [-0.2, -0.15) is 0 Å². The third kappa shape index (κ3) is 11.9. The molecule has 0 aliphatic carbocycles. The lowest BCUT2D eigenvalue weighted by atomic mass is 9.96. The molecule has 2 aromatic rings. The zero-order valence-corrected chi connectivity index (χ0v) is 27.5. The average Bonchev–Trinajstić information content (AvgIpc) is 3.54.